The summed E-state index contributed by atoms with van der Waals surface area (Å²) in [5.41, 5.74) is 0.417. The number of halogens is 2. The van der Waals surface area contributed by atoms with Crippen LogP contribution in [0, 0.1) is 0 Å². The SMILES string of the molecule is C/C=C(/C)C(=NC)C(F)F.CCCC. The van der Waals surface area contributed by atoms with Crippen LogP contribution in [-0.2, 0) is 0 Å². The number of allylic oxidation sites excluding steroid dienone is 2. The normalized spacial score (nSPS) is 12.6. The van der Waals surface area contributed by atoms with E-state index < -0.39 is 6.43 Å². The summed E-state index contributed by atoms with van der Waals surface area (Å²) in [6.45, 7) is 7.69. The lowest BCUT2D eigenvalue weighted by atomic mass is 10.2. The second-order valence-corrected chi connectivity index (χ2v) is 2.88. The molecule has 0 aromatic heterocycles. The van der Waals surface area contributed by atoms with Crippen molar-refractivity contribution in [3.05, 3.63) is 11.6 Å². The highest BCUT2D eigenvalue weighted by Gasteiger charge is 2.12. The molecule has 0 amide bonds. The van der Waals surface area contributed by atoms with Gasteiger partial charge in [-0.3, -0.25) is 4.99 Å². The van der Waals surface area contributed by atoms with Gasteiger partial charge in [0.05, 0.1) is 0 Å². The van der Waals surface area contributed by atoms with Crippen molar-refractivity contribution in [3.8, 4) is 0 Å². The van der Waals surface area contributed by atoms with E-state index in [1.165, 1.54) is 19.9 Å². The molecular weight excluding hydrogens is 184 g/mol. The van der Waals surface area contributed by atoms with Crippen LogP contribution in [0.25, 0.3) is 0 Å². The topological polar surface area (TPSA) is 12.4 Å². The van der Waals surface area contributed by atoms with E-state index >= 15 is 0 Å². The van der Waals surface area contributed by atoms with Gasteiger partial charge in [-0.25, -0.2) is 8.78 Å². The molecule has 0 bridgehead atoms. The van der Waals surface area contributed by atoms with Crippen LogP contribution in [0.15, 0.2) is 16.6 Å². The largest absolute Gasteiger partial charge is 0.287 e. The molecule has 0 N–H and O–H groups in total. The Morgan fingerprint density at radius 1 is 1.29 bits per heavy atom. The predicted octanol–water partition coefficient (Wildman–Crippen LogP) is 4.09. The summed E-state index contributed by atoms with van der Waals surface area (Å²) in [7, 11) is 1.37. The van der Waals surface area contributed by atoms with Crippen molar-refractivity contribution >= 4 is 5.71 Å². The fourth-order valence-corrected chi connectivity index (χ4v) is 0.594. The Morgan fingerprint density at radius 3 is 1.79 bits per heavy atom. The van der Waals surface area contributed by atoms with E-state index in [1.807, 2.05) is 0 Å². The Morgan fingerprint density at radius 2 is 1.71 bits per heavy atom. The third-order valence-electron chi connectivity index (χ3n) is 1.78. The van der Waals surface area contributed by atoms with Gasteiger partial charge in [0.15, 0.2) is 0 Å². The first-order valence-electron chi connectivity index (χ1n) is 4.93. The zero-order chi connectivity index (χ0) is 11.6. The fraction of sp³-hybridized carbons (Fsp3) is 0.727. The lowest BCUT2D eigenvalue weighted by molar-refractivity contribution is 0.226. The van der Waals surface area contributed by atoms with Gasteiger partial charge in [-0.05, 0) is 19.4 Å². The molecule has 0 heterocycles. The molecule has 14 heavy (non-hydrogen) atoms. The number of rotatable bonds is 3. The van der Waals surface area contributed by atoms with Crippen LogP contribution in [0.1, 0.15) is 40.5 Å². The lowest BCUT2D eigenvalue weighted by Crippen LogP contribution is -2.11. The summed E-state index contributed by atoms with van der Waals surface area (Å²) >= 11 is 0. The van der Waals surface area contributed by atoms with Gasteiger partial charge >= 0.3 is 0 Å². The van der Waals surface area contributed by atoms with Gasteiger partial charge < -0.3 is 0 Å². The third-order valence-corrected chi connectivity index (χ3v) is 1.78. The van der Waals surface area contributed by atoms with E-state index in [4.69, 9.17) is 0 Å². The molecule has 0 aromatic rings. The molecule has 0 saturated carbocycles. The van der Waals surface area contributed by atoms with Crippen molar-refractivity contribution < 1.29 is 8.78 Å². The number of aliphatic imine (C=N–C) groups is 1. The van der Waals surface area contributed by atoms with Gasteiger partial charge in [0.25, 0.3) is 6.43 Å². The van der Waals surface area contributed by atoms with Crippen LogP contribution in [0.2, 0.25) is 0 Å². The standard InChI is InChI=1S/C7H11F2N.C4H10/c1-4-5(2)6(10-3)7(8)9;1-3-4-2/h4,7H,1-3H3;3-4H2,1-2H3/b5-4-,10-6?;. The molecule has 0 atom stereocenters. The molecule has 0 rings (SSSR count). The van der Waals surface area contributed by atoms with Crippen molar-refractivity contribution in [2.45, 2.75) is 47.0 Å². The van der Waals surface area contributed by atoms with Crippen molar-refractivity contribution in [1.82, 2.24) is 0 Å². The molecule has 0 fully saturated rings. The summed E-state index contributed by atoms with van der Waals surface area (Å²) < 4.78 is 23.9. The van der Waals surface area contributed by atoms with E-state index in [1.54, 1.807) is 19.9 Å². The summed E-state index contributed by atoms with van der Waals surface area (Å²) in [6.07, 6.45) is 1.80. The van der Waals surface area contributed by atoms with Crippen LogP contribution < -0.4 is 0 Å². The van der Waals surface area contributed by atoms with Crippen molar-refractivity contribution in [2.75, 3.05) is 7.05 Å². The molecular formula is C11H21F2N. The quantitative estimate of drug-likeness (QED) is 0.615. The van der Waals surface area contributed by atoms with Crippen molar-refractivity contribution in [2.24, 2.45) is 4.99 Å². The Bertz CT molecular complexity index is 182. The predicted molar refractivity (Wildman–Crippen MR) is 59.4 cm³/mol. The number of unbranched alkanes of at least 4 members (excludes halogenated alkanes) is 1. The Hall–Kier alpha value is -0.730. The first-order chi connectivity index (χ1) is 6.54. The van der Waals surface area contributed by atoms with Crippen LogP contribution in [0.3, 0.4) is 0 Å². The molecule has 0 spiro atoms. The Kier molecular flexibility index (Phi) is 11.6. The highest BCUT2D eigenvalue weighted by atomic mass is 19.3. The summed E-state index contributed by atoms with van der Waals surface area (Å²) in [6, 6.07) is 0. The number of hydrogen-bond acceptors (Lipinski definition) is 1. The van der Waals surface area contributed by atoms with Crippen LogP contribution in [0.5, 0.6) is 0 Å². The van der Waals surface area contributed by atoms with Gasteiger partial charge in [-0.2, -0.15) is 0 Å². The summed E-state index contributed by atoms with van der Waals surface area (Å²) in [5, 5.41) is 0. The molecule has 84 valence electrons. The van der Waals surface area contributed by atoms with E-state index in [0.717, 1.165) is 0 Å². The zero-order valence-electron chi connectivity index (χ0n) is 9.77. The van der Waals surface area contributed by atoms with Gasteiger partial charge in [0, 0.05) is 7.05 Å². The number of hydrogen-bond donors (Lipinski definition) is 0. The molecule has 0 saturated heterocycles. The van der Waals surface area contributed by atoms with E-state index in [2.05, 4.69) is 18.8 Å². The van der Waals surface area contributed by atoms with Crippen molar-refractivity contribution in [1.29, 1.82) is 0 Å². The fourth-order valence-electron chi connectivity index (χ4n) is 0.594. The number of alkyl halides is 2. The van der Waals surface area contributed by atoms with E-state index in [9.17, 15) is 8.78 Å². The third kappa shape index (κ3) is 7.90. The van der Waals surface area contributed by atoms with Gasteiger partial charge in [0.1, 0.15) is 5.71 Å². The monoisotopic (exact) mass is 205 g/mol. The van der Waals surface area contributed by atoms with Gasteiger partial charge in [-0.15, -0.1) is 0 Å². The van der Waals surface area contributed by atoms with E-state index in [-0.39, 0.29) is 5.71 Å². The minimum absolute atomic E-state index is 0.123. The first-order valence-corrected chi connectivity index (χ1v) is 4.93. The summed E-state index contributed by atoms with van der Waals surface area (Å²) in [4.78, 5) is 3.46. The smallest absolute Gasteiger partial charge is 0.280 e. The molecule has 0 aromatic carbocycles. The Labute approximate surface area is 85.9 Å². The second kappa shape index (κ2) is 10.4. The van der Waals surface area contributed by atoms with Crippen LogP contribution in [0.4, 0.5) is 8.78 Å². The molecule has 0 aliphatic carbocycles. The maximum atomic E-state index is 12.0. The second-order valence-electron chi connectivity index (χ2n) is 2.88. The highest BCUT2D eigenvalue weighted by Crippen LogP contribution is 2.05. The Balaban J connectivity index is 0. The van der Waals surface area contributed by atoms with Crippen LogP contribution >= 0.6 is 0 Å². The minimum atomic E-state index is -2.46. The molecule has 0 radical (unpaired) electrons. The molecule has 0 aliphatic heterocycles. The zero-order valence-corrected chi connectivity index (χ0v) is 9.77. The van der Waals surface area contributed by atoms with Crippen LogP contribution in [-0.4, -0.2) is 19.2 Å². The minimum Gasteiger partial charge on any atom is -0.287 e. The molecule has 0 aliphatic rings. The van der Waals surface area contributed by atoms with E-state index in [0.29, 0.717) is 5.57 Å². The molecule has 1 nitrogen and oxygen atoms in total. The van der Waals surface area contributed by atoms with Crippen molar-refractivity contribution in [3.63, 3.8) is 0 Å². The average molecular weight is 205 g/mol. The average Bonchev–Trinajstić information content (AvgIpc) is 2.18. The number of nitrogens with zero attached hydrogens (tertiary/aromatic N) is 1. The maximum Gasteiger partial charge on any atom is 0.280 e. The summed E-state index contributed by atoms with van der Waals surface area (Å²) in [5.74, 6) is 0. The lowest BCUT2D eigenvalue weighted by Gasteiger charge is -2.02. The first kappa shape index (κ1) is 15.7. The van der Waals surface area contributed by atoms with Gasteiger partial charge in [-0.1, -0.05) is 32.8 Å². The molecule has 0 unspecified atom stereocenters. The highest BCUT2D eigenvalue weighted by molar-refractivity contribution is 6.01. The van der Waals surface area contributed by atoms with Gasteiger partial charge in [0.2, 0.25) is 0 Å². The maximum absolute atomic E-state index is 12.0. The molecule has 3 heteroatoms.